The molecule has 2 aliphatic rings. The summed E-state index contributed by atoms with van der Waals surface area (Å²) < 4.78 is 2.08. The van der Waals surface area contributed by atoms with Crippen molar-refractivity contribution in [3.05, 3.63) is 36.3 Å². The minimum Gasteiger partial charge on any atom is -0.340 e. The van der Waals surface area contributed by atoms with Crippen LogP contribution in [0.25, 0.3) is 5.65 Å². The molecule has 0 unspecified atom stereocenters. The third-order valence-electron chi connectivity index (χ3n) is 5.38. The van der Waals surface area contributed by atoms with Gasteiger partial charge in [0.1, 0.15) is 5.65 Å². The number of aromatic nitrogens is 2. The standard InChI is InChI=1S/C19H28N6O/c26-19(24-9-5-20-6-10-24)4-8-22-11-13-23(14-12-22)15-17-16-25-7-2-1-3-18(25)21-17/h1-3,7,16,20H,4-6,8-15H2. The van der Waals surface area contributed by atoms with Crippen LogP contribution in [0.1, 0.15) is 12.1 Å². The molecule has 7 nitrogen and oxygen atoms in total. The molecule has 2 aromatic rings. The molecule has 0 saturated carbocycles. The topological polar surface area (TPSA) is 56.1 Å². The highest BCUT2D eigenvalue weighted by molar-refractivity contribution is 5.76. The van der Waals surface area contributed by atoms with Crippen molar-refractivity contribution in [3.8, 4) is 0 Å². The lowest BCUT2D eigenvalue weighted by Crippen LogP contribution is -2.49. The van der Waals surface area contributed by atoms with E-state index in [9.17, 15) is 4.79 Å². The second-order valence-electron chi connectivity index (χ2n) is 7.20. The molecule has 2 aliphatic heterocycles. The van der Waals surface area contributed by atoms with Gasteiger partial charge in [0.25, 0.3) is 0 Å². The summed E-state index contributed by atoms with van der Waals surface area (Å²) in [6.45, 7) is 9.47. The largest absolute Gasteiger partial charge is 0.340 e. The van der Waals surface area contributed by atoms with Crippen molar-refractivity contribution in [1.82, 2.24) is 29.4 Å². The number of hydrogen-bond donors (Lipinski definition) is 1. The molecule has 2 aromatic heterocycles. The molecule has 26 heavy (non-hydrogen) atoms. The van der Waals surface area contributed by atoms with E-state index in [1.54, 1.807) is 0 Å². The third-order valence-corrected chi connectivity index (χ3v) is 5.38. The van der Waals surface area contributed by atoms with E-state index < -0.39 is 0 Å². The van der Waals surface area contributed by atoms with Crippen LogP contribution in [0.4, 0.5) is 0 Å². The van der Waals surface area contributed by atoms with Gasteiger partial charge in [-0.3, -0.25) is 9.69 Å². The summed E-state index contributed by atoms with van der Waals surface area (Å²) in [7, 11) is 0. The summed E-state index contributed by atoms with van der Waals surface area (Å²) in [5.74, 6) is 0.304. The number of pyridine rings is 1. The molecule has 1 N–H and O–H groups in total. The molecule has 0 spiro atoms. The van der Waals surface area contributed by atoms with Gasteiger partial charge in [-0.2, -0.15) is 0 Å². The SMILES string of the molecule is O=C(CCN1CCN(Cc2cn3ccccc3n2)CC1)N1CCNCC1. The van der Waals surface area contributed by atoms with Gasteiger partial charge in [-0.05, 0) is 12.1 Å². The number of nitrogens with zero attached hydrogens (tertiary/aromatic N) is 5. The lowest BCUT2D eigenvalue weighted by atomic mass is 10.2. The van der Waals surface area contributed by atoms with Crippen LogP contribution in [-0.2, 0) is 11.3 Å². The summed E-state index contributed by atoms with van der Waals surface area (Å²) in [6, 6.07) is 6.09. The van der Waals surface area contributed by atoms with Gasteiger partial charge < -0.3 is 19.5 Å². The zero-order valence-electron chi connectivity index (χ0n) is 15.3. The van der Waals surface area contributed by atoms with E-state index in [2.05, 4.69) is 30.7 Å². The van der Waals surface area contributed by atoms with E-state index in [1.165, 1.54) is 0 Å². The maximum absolute atomic E-state index is 12.3. The Morgan fingerprint density at radius 3 is 2.58 bits per heavy atom. The molecule has 0 radical (unpaired) electrons. The van der Waals surface area contributed by atoms with Crippen LogP contribution >= 0.6 is 0 Å². The van der Waals surface area contributed by atoms with E-state index in [1.807, 2.05) is 29.3 Å². The fraction of sp³-hybridized carbons (Fsp3) is 0.579. The molecular weight excluding hydrogens is 328 g/mol. The molecule has 2 saturated heterocycles. The Bertz CT molecular complexity index is 697. The quantitative estimate of drug-likeness (QED) is 0.834. The minimum absolute atomic E-state index is 0.304. The first-order valence-corrected chi connectivity index (χ1v) is 9.64. The lowest BCUT2D eigenvalue weighted by molar-refractivity contribution is -0.132. The fourth-order valence-corrected chi connectivity index (χ4v) is 3.79. The predicted octanol–water partition coefficient (Wildman–Crippen LogP) is 0.274. The highest BCUT2D eigenvalue weighted by Gasteiger charge is 2.20. The summed E-state index contributed by atoms with van der Waals surface area (Å²) in [4.78, 5) is 23.8. The van der Waals surface area contributed by atoms with Crippen molar-refractivity contribution in [1.29, 1.82) is 0 Å². The van der Waals surface area contributed by atoms with Crippen molar-refractivity contribution < 1.29 is 4.79 Å². The number of carbonyl (C=O) groups is 1. The molecule has 4 rings (SSSR count). The second-order valence-corrected chi connectivity index (χ2v) is 7.20. The van der Waals surface area contributed by atoms with Gasteiger partial charge in [-0.15, -0.1) is 0 Å². The minimum atomic E-state index is 0.304. The zero-order chi connectivity index (χ0) is 17.8. The number of rotatable bonds is 5. The molecule has 7 heteroatoms. The van der Waals surface area contributed by atoms with Crippen LogP contribution < -0.4 is 5.32 Å². The Hall–Kier alpha value is -1.96. The van der Waals surface area contributed by atoms with Gasteiger partial charge >= 0.3 is 0 Å². The van der Waals surface area contributed by atoms with Gasteiger partial charge in [-0.1, -0.05) is 6.07 Å². The van der Waals surface area contributed by atoms with Gasteiger partial charge in [-0.25, -0.2) is 4.98 Å². The first-order valence-electron chi connectivity index (χ1n) is 9.64. The molecule has 0 atom stereocenters. The lowest BCUT2D eigenvalue weighted by Gasteiger charge is -2.35. The van der Waals surface area contributed by atoms with Gasteiger partial charge in [0.05, 0.1) is 5.69 Å². The highest BCUT2D eigenvalue weighted by Crippen LogP contribution is 2.10. The van der Waals surface area contributed by atoms with Gasteiger partial charge in [0.15, 0.2) is 0 Å². The Kier molecular flexibility index (Phi) is 5.48. The maximum Gasteiger partial charge on any atom is 0.223 e. The van der Waals surface area contributed by atoms with Gasteiger partial charge in [0, 0.05) is 84.3 Å². The number of amides is 1. The molecule has 0 bridgehead atoms. The smallest absolute Gasteiger partial charge is 0.223 e. The zero-order valence-corrected chi connectivity index (χ0v) is 15.3. The molecule has 0 aromatic carbocycles. The van der Waals surface area contributed by atoms with Crippen LogP contribution in [-0.4, -0.2) is 88.9 Å². The predicted molar refractivity (Wildman–Crippen MR) is 101 cm³/mol. The van der Waals surface area contributed by atoms with Crippen LogP contribution in [0.5, 0.6) is 0 Å². The van der Waals surface area contributed by atoms with Crippen LogP contribution in [0.2, 0.25) is 0 Å². The average molecular weight is 356 g/mol. The monoisotopic (exact) mass is 356 g/mol. The molecule has 1 amide bonds. The normalized spacial score (nSPS) is 19.9. The van der Waals surface area contributed by atoms with E-state index >= 15 is 0 Å². The van der Waals surface area contributed by atoms with Crippen molar-refractivity contribution >= 4 is 11.6 Å². The Morgan fingerprint density at radius 2 is 1.81 bits per heavy atom. The first-order chi connectivity index (χ1) is 12.8. The molecular formula is C19H28N6O. The van der Waals surface area contributed by atoms with Crippen molar-refractivity contribution in [2.24, 2.45) is 0 Å². The fourth-order valence-electron chi connectivity index (χ4n) is 3.79. The Balaban J connectivity index is 1.20. The van der Waals surface area contributed by atoms with Crippen molar-refractivity contribution in [2.45, 2.75) is 13.0 Å². The molecule has 140 valence electrons. The van der Waals surface area contributed by atoms with Crippen LogP contribution in [0.15, 0.2) is 30.6 Å². The third kappa shape index (κ3) is 4.23. The van der Waals surface area contributed by atoms with E-state index in [0.717, 1.165) is 76.8 Å². The van der Waals surface area contributed by atoms with Crippen LogP contribution in [0, 0.1) is 0 Å². The molecule has 0 aliphatic carbocycles. The van der Waals surface area contributed by atoms with Crippen molar-refractivity contribution in [3.63, 3.8) is 0 Å². The van der Waals surface area contributed by atoms with E-state index in [-0.39, 0.29) is 0 Å². The number of imidazole rings is 1. The number of fused-ring (bicyclic) bond motifs is 1. The Morgan fingerprint density at radius 1 is 1.04 bits per heavy atom. The average Bonchev–Trinajstić information content (AvgIpc) is 3.10. The molecule has 4 heterocycles. The number of hydrogen-bond acceptors (Lipinski definition) is 5. The van der Waals surface area contributed by atoms with Gasteiger partial charge in [0.2, 0.25) is 5.91 Å². The number of nitrogens with one attached hydrogen (secondary N) is 1. The number of piperazine rings is 2. The number of carbonyl (C=O) groups excluding carboxylic acids is 1. The second kappa shape index (κ2) is 8.16. The Labute approximate surface area is 154 Å². The summed E-state index contributed by atoms with van der Waals surface area (Å²) >= 11 is 0. The maximum atomic E-state index is 12.3. The highest BCUT2D eigenvalue weighted by atomic mass is 16.2. The summed E-state index contributed by atoms with van der Waals surface area (Å²) in [6.07, 6.45) is 4.81. The summed E-state index contributed by atoms with van der Waals surface area (Å²) in [5.41, 5.74) is 2.13. The molecule has 2 fully saturated rings. The van der Waals surface area contributed by atoms with E-state index in [4.69, 9.17) is 0 Å². The van der Waals surface area contributed by atoms with Crippen molar-refractivity contribution in [2.75, 3.05) is 58.9 Å². The first kappa shape index (κ1) is 17.5. The van der Waals surface area contributed by atoms with E-state index in [0.29, 0.717) is 12.3 Å². The summed E-state index contributed by atoms with van der Waals surface area (Å²) in [5, 5.41) is 3.29. The van der Waals surface area contributed by atoms with Crippen LogP contribution in [0.3, 0.4) is 0 Å².